The lowest BCUT2D eigenvalue weighted by Crippen LogP contribution is -2.43. The fourth-order valence-corrected chi connectivity index (χ4v) is 4.56. The van der Waals surface area contributed by atoms with Gasteiger partial charge < -0.3 is 15.5 Å². The highest BCUT2D eigenvalue weighted by Crippen LogP contribution is 2.27. The lowest BCUT2D eigenvalue weighted by atomic mass is 10.2. The number of nitrogens with zero attached hydrogens (tertiary/aromatic N) is 4. The van der Waals surface area contributed by atoms with Crippen LogP contribution < -0.4 is 10.6 Å². The van der Waals surface area contributed by atoms with E-state index in [4.69, 9.17) is 0 Å². The molecule has 0 spiro atoms. The Morgan fingerprint density at radius 3 is 2.72 bits per heavy atom. The third-order valence-corrected chi connectivity index (χ3v) is 6.46. The molecule has 0 radical (unpaired) electrons. The van der Waals surface area contributed by atoms with Crippen molar-refractivity contribution in [1.29, 1.82) is 0 Å². The number of hydrogen-bond donors (Lipinski definition) is 2. The first-order valence-electron chi connectivity index (χ1n) is 11.1. The van der Waals surface area contributed by atoms with E-state index in [1.165, 1.54) is 17.7 Å². The van der Waals surface area contributed by atoms with Crippen molar-refractivity contribution in [3.8, 4) is 0 Å². The van der Waals surface area contributed by atoms with Crippen molar-refractivity contribution in [2.24, 2.45) is 4.99 Å². The van der Waals surface area contributed by atoms with Gasteiger partial charge in [0.25, 0.3) is 0 Å². The van der Waals surface area contributed by atoms with Crippen molar-refractivity contribution in [3.05, 3.63) is 52.5 Å². The first kappa shape index (κ1) is 26.5. The minimum Gasteiger partial charge on any atom is -0.357 e. The second-order valence-corrected chi connectivity index (χ2v) is 8.72. The Bertz CT molecular complexity index is 811. The molecule has 1 aliphatic rings. The molecular weight excluding hydrogens is 535 g/mol. The van der Waals surface area contributed by atoms with Crippen molar-refractivity contribution >= 4 is 47.2 Å². The Hall–Kier alpha value is -1.72. The first-order valence-corrected chi connectivity index (χ1v) is 12.0. The van der Waals surface area contributed by atoms with Crippen LogP contribution in [-0.4, -0.2) is 73.0 Å². The number of amides is 1. The van der Waals surface area contributed by atoms with Gasteiger partial charge >= 0.3 is 0 Å². The Morgan fingerprint density at radius 1 is 1.25 bits per heavy atom. The average molecular weight is 571 g/mol. The lowest BCUT2D eigenvalue weighted by Gasteiger charge is -2.27. The van der Waals surface area contributed by atoms with Gasteiger partial charge in [-0.25, -0.2) is 4.99 Å². The van der Waals surface area contributed by atoms with E-state index in [0.29, 0.717) is 18.5 Å². The summed E-state index contributed by atoms with van der Waals surface area (Å²) in [5.41, 5.74) is 0.988. The minimum atomic E-state index is 0. The monoisotopic (exact) mass is 570 g/mol. The van der Waals surface area contributed by atoms with Gasteiger partial charge in [-0.2, -0.15) is 0 Å². The van der Waals surface area contributed by atoms with Crippen LogP contribution in [0.3, 0.4) is 0 Å². The minimum absolute atomic E-state index is 0. The van der Waals surface area contributed by atoms with E-state index in [1.54, 1.807) is 22.4 Å². The molecule has 1 unspecified atom stereocenters. The van der Waals surface area contributed by atoms with E-state index in [2.05, 4.69) is 43.0 Å². The standard InChI is InChI=1S/C23H34N6OS.HI/c1-3-24-23(26-17-20(21-10-8-16-31-21)29-13-6-7-14-29)27-18-22(30)28(2)15-11-19-9-4-5-12-25-19;/h4-5,8-10,12,16,20H,3,6-7,11,13-15,17-18H2,1-2H3,(H2,24,26,27);1H. The molecule has 2 aromatic heterocycles. The number of likely N-dealkylation sites (N-methyl/N-ethyl adjacent to an activating group) is 1. The number of carbonyl (C=O) groups excluding carboxylic acids is 1. The Kier molecular flexibility index (Phi) is 12.0. The summed E-state index contributed by atoms with van der Waals surface area (Å²) in [5, 5.41) is 8.87. The summed E-state index contributed by atoms with van der Waals surface area (Å²) in [6, 6.07) is 10.5. The number of halogens is 1. The fraction of sp³-hybridized carbons (Fsp3) is 0.522. The van der Waals surface area contributed by atoms with Crippen LogP contribution >= 0.6 is 35.3 Å². The quantitative estimate of drug-likeness (QED) is 0.261. The fourth-order valence-electron chi connectivity index (χ4n) is 3.70. The molecular formula is C23H35IN6OS. The molecule has 3 heterocycles. The zero-order valence-electron chi connectivity index (χ0n) is 19.0. The maximum atomic E-state index is 12.5. The molecule has 0 bridgehead atoms. The van der Waals surface area contributed by atoms with Gasteiger partial charge in [-0.05, 0) is 56.4 Å². The van der Waals surface area contributed by atoms with Crippen molar-refractivity contribution in [2.45, 2.75) is 32.2 Å². The molecule has 32 heavy (non-hydrogen) atoms. The average Bonchev–Trinajstić information content (AvgIpc) is 3.51. The lowest BCUT2D eigenvalue weighted by molar-refractivity contribution is -0.128. The van der Waals surface area contributed by atoms with Crippen LogP contribution in [0, 0.1) is 0 Å². The van der Waals surface area contributed by atoms with Crippen molar-refractivity contribution < 1.29 is 4.79 Å². The molecule has 176 valence electrons. The summed E-state index contributed by atoms with van der Waals surface area (Å²) in [4.78, 5) is 27.0. The van der Waals surface area contributed by atoms with Crippen molar-refractivity contribution in [1.82, 2.24) is 25.4 Å². The molecule has 2 aromatic rings. The number of carbonyl (C=O) groups is 1. The molecule has 0 aromatic carbocycles. The van der Waals surface area contributed by atoms with E-state index >= 15 is 0 Å². The van der Waals surface area contributed by atoms with E-state index < -0.39 is 0 Å². The molecule has 7 nitrogen and oxygen atoms in total. The summed E-state index contributed by atoms with van der Waals surface area (Å²) >= 11 is 1.80. The number of nitrogens with one attached hydrogen (secondary N) is 2. The third-order valence-electron chi connectivity index (χ3n) is 5.49. The van der Waals surface area contributed by atoms with Crippen LogP contribution in [0.2, 0.25) is 0 Å². The Balaban J connectivity index is 0.00000363. The normalized spacial score (nSPS) is 15.1. The summed E-state index contributed by atoms with van der Waals surface area (Å²) in [6.07, 6.45) is 5.04. The zero-order valence-corrected chi connectivity index (χ0v) is 22.1. The van der Waals surface area contributed by atoms with Gasteiger partial charge in [-0.1, -0.05) is 12.1 Å². The second kappa shape index (κ2) is 14.4. The second-order valence-electron chi connectivity index (χ2n) is 7.74. The van der Waals surface area contributed by atoms with Crippen molar-refractivity contribution in [3.63, 3.8) is 0 Å². The van der Waals surface area contributed by atoms with Crippen LogP contribution in [0.4, 0.5) is 0 Å². The van der Waals surface area contributed by atoms with Crippen LogP contribution in [0.15, 0.2) is 46.9 Å². The van der Waals surface area contributed by atoms with Gasteiger partial charge in [0.1, 0.15) is 6.54 Å². The largest absolute Gasteiger partial charge is 0.357 e. The molecule has 0 aliphatic carbocycles. The zero-order chi connectivity index (χ0) is 21.9. The van der Waals surface area contributed by atoms with Gasteiger partial charge in [-0.15, -0.1) is 35.3 Å². The molecule has 2 N–H and O–H groups in total. The molecule has 1 amide bonds. The molecule has 1 aliphatic heterocycles. The Labute approximate surface area is 212 Å². The number of thiophene rings is 1. The summed E-state index contributed by atoms with van der Waals surface area (Å²) in [6.45, 7) is 6.59. The number of aliphatic imine (C=N–C) groups is 1. The van der Waals surface area contributed by atoms with Gasteiger partial charge in [0, 0.05) is 49.9 Å². The highest BCUT2D eigenvalue weighted by atomic mass is 127. The molecule has 1 saturated heterocycles. The molecule has 3 rings (SSSR count). The third kappa shape index (κ3) is 8.32. The van der Waals surface area contributed by atoms with Crippen LogP contribution in [0.5, 0.6) is 0 Å². The van der Waals surface area contributed by atoms with Gasteiger partial charge in [0.15, 0.2) is 5.96 Å². The highest BCUT2D eigenvalue weighted by molar-refractivity contribution is 14.0. The first-order chi connectivity index (χ1) is 15.2. The van der Waals surface area contributed by atoms with E-state index in [-0.39, 0.29) is 36.4 Å². The van der Waals surface area contributed by atoms with Gasteiger partial charge in [0.2, 0.25) is 5.91 Å². The number of rotatable bonds is 10. The van der Waals surface area contributed by atoms with Gasteiger partial charge in [-0.3, -0.25) is 14.7 Å². The van der Waals surface area contributed by atoms with E-state index in [0.717, 1.165) is 38.3 Å². The number of pyridine rings is 1. The van der Waals surface area contributed by atoms with E-state index in [1.807, 2.05) is 32.2 Å². The molecule has 9 heteroatoms. The Morgan fingerprint density at radius 2 is 2.06 bits per heavy atom. The SMILES string of the molecule is CCNC(=NCC(=O)N(C)CCc1ccccn1)NCC(c1cccs1)N1CCCC1.I. The maximum Gasteiger partial charge on any atom is 0.244 e. The number of guanidine groups is 1. The summed E-state index contributed by atoms with van der Waals surface area (Å²) in [5.74, 6) is 0.692. The van der Waals surface area contributed by atoms with Gasteiger partial charge in [0.05, 0.1) is 6.04 Å². The van der Waals surface area contributed by atoms with Crippen LogP contribution in [-0.2, 0) is 11.2 Å². The van der Waals surface area contributed by atoms with Crippen LogP contribution in [0.25, 0.3) is 0 Å². The maximum absolute atomic E-state index is 12.5. The smallest absolute Gasteiger partial charge is 0.244 e. The van der Waals surface area contributed by atoms with E-state index in [9.17, 15) is 4.79 Å². The topological polar surface area (TPSA) is 72.9 Å². The summed E-state index contributed by atoms with van der Waals surface area (Å²) in [7, 11) is 1.82. The predicted octanol–water partition coefficient (Wildman–Crippen LogP) is 3.15. The molecule has 0 saturated carbocycles. The highest BCUT2D eigenvalue weighted by Gasteiger charge is 2.24. The number of hydrogen-bond acceptors (Lipinski definition) is 5. The van der Waals surface area contributed by atoms with Crippen LogP contribution in [0.1, 0.15) is 36.4 Å². The molecule has 1 fully saturated rings. The molecule has 1 atom stereocenters. The number of likely N-dealkylation sites (tertiary alicyclic amines) is 1. The number of aromatic nitrogens is 1. The predicted molar refractivity (Wildman–Crippen MR) is 143 cm³/mol. The summed E-state index contributed by atoms with van der Waals surface area (Å²) < 4.78 is 0. The van der Waals surface area contributed by atoms with Crippen molar-refractivity contribution in [2.75, 3.05) is 46.3 Å².